The molecule has 0 amide bonds. The van der Waals surface area contributed by atoms with Crippen LogP contribution in [0.25, 0.3) is 0 Å². The lowest BCUT2D eigenvalue weighted by atomic mass is 9.55. The highest BCUT2D eigenvalue weighted by atomic mass is 19.1. The van der Waals surface area contributed by atoms with Crippen LogP contribution in [0, 0.1) is 23.1 Å². The molecule has 4 rings (SSSR count). The lowest BCUT2D eigenvalue weighted by Gasteiger charge is -2.50. The molecule has 0 aliphatic heterocycles. The molecule has 2 heteroatoms. The van der Waals surface area contributed by atoms with Gasteiger partial charge >= 0.3 is 0 Å². The highest BCUT2D eigenvalue weighted by Crippen LogP contribution is 2.60. The second kappa shape index (κ2) is 4.30. The van der Waals surface area contributed by atoms with Gasteiger partial charge in [-0.05, 0) is 85.0 Å². The van der Waals surface area contributed by atoms with Crippen LogP contribution in [0.15, 0.2) is 18.2 Å². The normalized spacial score (nSPS) is 42.8. The molecule has 20 heavy (non-hydrogen) atoms. The molecule has 5 atom stereocenters. The standard InChI is InChI=1S/C18H23FO/c1-18-9-8-14-13-5-3-12(19)10-11(13)2-4-15(14)16(18)6-7-17(18)20/h3,5,10,14-17,20H,2,4,6-9H2,1H3/t14-,15-,16+,17+,18+/m1/s1. The molecule has 0 saturated heterocycles. The number of fused-ring (bicyclic) bond motifs is 5. The van der Waals surface area contributed by atoms with Crippen molar-refractivity contribution in [3.8, 4) is 0 Å². The van der Waals surface area contributed by atoms with E-state index < -0.39 is 0 Å². The summed E-state index contributed by atoms with van der Waals surface area (Å²) in [7, 11) is 0. The number of benzene rings is 1. The average Bonchev–Trinajstić information content (AvgIpc) is 2.74. The predicted molar refractivity (Wildman–Crippen MR) is 77.0 cm³/mol. The Morgan fingerprint density at radius 3 is 2.90 bits per heavy atom. The summed E-state index contributed by atoms with van der Waals surface area (Å²) < 4.78 is 13.4. The lowest BCUT2D eigenvalue weighted by Crippen LogP contribution is -2.43. The van der Waals surface area contributed by atoms with Crippen molar-refractivity contribution in [1.82, 2.24) is 0 Å². The first kappa shape index (κ1) is 12.8. The number of halogens is 1. The highest BCUT2D eigenvalue weighted by molar-refractivity contribution is 5.35. The van der Waals surface area contributed by atoms with Gasteiger partial charge in [0.1, 0.15) is 5.82 Å². The second-order valence-corrected chi connectivity index (χ2v) is 7.40. The van der Waals surface area contributed by atoms with Gasteiger partial charge in [0.15, 0.2) is 0 Å². The number of aliphatic hydroxyl groups excluding tert-OH is 1. The maximum absolute atomic E-state index is 13.4. The Hall–Kier alpha value is -0.890. The van der Waals surface area contributed by atoms with Gasteiger partial charge in [-0.2, -0.15) is 0 Å². The van der Waals surface area contributed by atoms with Gasteiger partial charge in [-0.3, -0.25) is 0 Å². The van der Waals surface area contributed by atoms with Crippen molar-refractivity contribution in [2.45, 2.75) is 57.5 Å². The molecule has 0 radical (unpaired) electrons. The molecular weight excluding hydrogens is 251 g/mol. The van der Waals surface area contributed by atoms with Crippen LogP contribution in [-0.4, -0.2) is 11.2 Å². The van der Waals surface area contributed by atoms with Crippen molar-refractivity contribution in [2.24, 2.45) is 17.3 Å². The summed E-state index contributed by atoms with van der Waals surface area (Å²) in [6, 6.07) is 5.39. The summed E-state index contributed by atoms with van der Waals surface area (Å²) >= 11 is 0. The molecule has 1 aromatic carbocycles. The summed E-state index contributed by atoms with van der Waals surface area (Å²) in [5, 5.41) is 10.4. The summed E-state index contributed by atoms with van der Waals surface area (Å²) in [4.78, 5) is 0. The number of rotatable bonds is 0. The minimum Gasteiger partial charge on any atom is -0.393 e. The molecule has 2 saturated carbocycles. The zero-order chi connectivity index (χ0) is 13.9. The van der Waals surface area contributed by atoms with Gasteiger partial charge in [0.05, 0.1) is 6.10 Å². The first-order chi connectivity index (χ1) is 9.59. The third-order valence-corrected chi connectivity index (χ3v) is 6.64. The van der Waals surface area contributed by atoms with Crippen molar-refractivity contribution >= 4 is 0 Å². The van der Waals surface area contributed by atoms with E-state index in [0.717, 1.165) is 25.7 Å². The van der Waals surface area contributed by atoms with Gasteiger partial charge in [0.2, 0.25) is 0 Å². The summed E-state index contributed by atoms with van der Waals surface area (Å²) in [5.41, 5.74) is 2.76. The number of aliphatic hydroxyl groups is 1. The van der Waals surface area contributed by atoms with Crippen molar-refractivity contribution in [3.05, 3.63) is 35.1 Å². The number of hydrogen-bond donors (Lipinski definition) is 1. The Balaban J connectivity index is 1.71. The van der Waals surface area contributed by atoms with E-state index >= 15 is 0 Å². The summed E-state index contributed by atoms with van der Waals surface area (Å²) in [5.74, 6) is 1.86. The second-order valence-electron chi connectivity index (χ2n) is 7.40. The van der Waals surface area contributed by atoms with E-state index in [1.165, 1.54) is 24.0 Å². The van der Waals surface area contributed by atoms with Crippen LogP contribution in [0.1, 0.15) is 56.1 Å². The number of aryl methyl sites for hydroxylation is 1. The molecule has 1 aromatic rings. The SMILES string of the molecule is C[C@]12CC[C@@H]3c4ccc(F)cc4CC[C@H]3[C@@H]1CC[C@@H]2O. The predicted octanol–water partition coefficient (Wildman–Crippen LogP) is 4.04. The van der Waals surface area contributed by atoms with E-state index in [9.17, 15) is 9.50 Å². The topological polar surface area (TPSA) is 20.2 Å². The molecular formula is C18H23FO. The van der Waals surface area contributed by atoms with Crippen LogP contribution in [0.4, 0.5) is 4.39 Å². The smallest absolute Gasteiger partial charge is 0.123 e. The molecule has 0 aromatic heterocycles. The molecule has 108 valence electrons. The van der Waals surface area contributed by atoms with Crippen LogP contribution in [0.2, 0.25) is 0 Å². The molecule has 3 aliphatic rings. The quantitative estimate of drug-likeness (QED) is 0.757. The van der Waals surface area contributed by atoms with Crippen molar-refractivity contribution in [1.29, 1.82) is 0 Å². The van der Waals surface area contributed by atoms with Gasteiger partial charge in [-0.25, -0.2) is 4.39 Å². The van der Waals surface area contributed by atoms with Gasteiger partial charge in [-0.1, -0.05) is 13.0 Å². The Labute approximate surface area is 120 Å². The molecule has 0 spiro atoms. The van der Waals surface area contributed by atoms with Gasteiger partial charge in [-0.15, -0.1) is 0 Å². The van der Waals surface area contributed by atoms with E-state index in [0.29, 0.717) is 17.8 Å². The van der Waals surface area contributed by atoms with Crippen molar-refractivity contribution in [2.75, 3.05) is 0 Å². The van der Waals surface area contributed by atoms with Gasteiger partial charge in [0.25, 0.3) is 0 Å². The first-order valence-electron chi connectivity index (χ1n) is 8.06. The molecule has 0 heterocycles. The lowest BCUT2D eigenvalue weighted by molar-refractivity contribution is -0.0226. The van der Waals surface area contributed by atoms with Crippen molar-refractivity contribution in [3.63, 3.8) is 0 Å². The maximum Gasteiger partial charge on any atom is 0.123 e. The largest absolute Gasteiger partial charge is 0.393 e. The average molecular weight is 274 g/mol. The van der Waals surface area contributed by atoms with Crippen LogP contribution in [0.3, 0.4) is 0 Å². The molecule has 1 nitrogen and oxygen atoms in total. The minimum absolute atomic E-state index is 0.0980. The molecule has 0 bridgehead atoms. The van der Waals surface area contributed by atoms with E-state index in [-0.39, 0.29) is 17.3 Å². The molecule has 3 aliphatic carbocycles. The molecule has 1 N–H and O–H groups in total. The van der Waals surface area contributed by atoms with Gasteiger partial charge < -0.3 is 5.11 Å². The van der Waals surface area contributed by atoms with E-state index in [1.54, 1.807) is 12.1 Å². The minimum atomic E-state index is -0.108. The Kier molecular flexibility index (Phi) is 2.76. The monoisotopic (exact) mass is 274 g/mol. The van der Waals surface area contributed by atoms with E-state index in [2.05, 4.69) is 6.92 Å². The molecule has 2 fully saturated rings. The Bertz CT molecular complexity index is 540. The summed E-state index contributed by atoms with van der Waals surface area (Å²) in [6.07, 6.45) is 6.51. The first-order valence-corrected chi connectivity index (χ1v) is 8.06. The van der Waals surface area contributed by atoms with Crippen LogP contribution >= 0.6 is 0 Å². The van der Waals surface area contributed by atoms with Crippen LogP contribution in [0.5, 0.6) is 0 Å². The third-order valence-electron chi connectivity index (χ3n) is 6.64. The van der Waals surface area contributed by atoms with Crippen LogP contribution in [-0.2, 0) is 6.42 Å². The Morgan fingerprint density at radius 2 is 2.05 bits per heavy atom. The fraction of sp³-hybridized carbons (Fsp3) is 0.667. The maximum atomic E-state index is 13.4. The fourth-order valence-electron chi connectivity index (χ4n) is 5.52. The number of hydrogen-bond acceptors (Lipinski definition) is 1. The highest BCUT2D eigenvalue weighted by Gasteiger charge is 2.54. The van der Waals surface area contributed by atoms with Crippen LogP contribution < -0.4 is 0 Å². The van der Waals surface area contributed by atoms with E-state index in [4.69, 9.17) is 0 Å². The zero-order valence-corrected chi connectivity index (χ0v) is 12.1. The van der Waals surface area contributed by atoms with Gasteiger partial charge in [0, 0.05) is 0 Å². The Morgan fingerprint density at radius 1 is 1.20 bits per heavy atom. The zero-order valence-electron chi connectivity index (χ0n) is 12.1. The van der Waals surface area contributed by atoms with Crippen molar-refractivity contribution < 1.29 is 9.50 Å². The third kappa shape index (κ3) is 1.64. The van der Waals surface area contributed by atoms with E-state index in [1.807, 2.05) is 6.07 Å². The fourth-order valence-corrected chi connectivity index (χ4v) is 5.52. The summed E-state index contributed by atoms with van der Waals surface area (Å²) in [6.45, 7) is 2.30. The molecule has 0 unspecified atom stereocenters.